The highest BCUT2D eigenvalue weighted by molar-refractivity contribution is 14.1. The highest BCUT2D eigenvalue weighted by Gasteiger charge is 2.43. The monoisotopic (exact) mass is 534 g/mol. The first-order valence-corrected chi connectivity index (χ1v) is 9.93. The molecule has 1 aliphatic carbocycles. The smallest absolute Gasteiger partial charge is 0.0929 e. The fourth-order valence-corrected chi connectivity index (χ4v) is 4.20. The molecule has 1 saturated carbocycles. The Morgan fingerprint density at radius 2 is 1.22 bits per heavy atom. The first-order valence-electron chi connectivity index (χ1n) is 7.77. The Kier molecular flexibility index (Phi) is 5.35. The SMILES string of the molecule is COC1(c2ccc(I)cc2)CCC(O)(c2ccc(I)cc2)CC1. The summed E-state index contributed by atoms with van der Waals surface area (Å²) in [4.78, 5) is 0. The Morgan fingerprint density at radius 3 is 1.65 bits per heavy atom. The minimum atomic E-state index is -0.741. The van der Waals surface area contributed by atoms with Gasteiger partial charge in [-0.3, -0.25) is 0 Å². The van der Waals surface area contributed by atoms with Gasteiger partial charge in [0.05, 0.1) is 11.2 Å². The average molecular weight is 534 g/mol. The third kappa shape index (κ3) is 3.60. The van der Waals surface area contributed by atoms with E-state index in [1.807, 2.05) is 12.1 Å². The van der Waals surface area contributed by atoms with E-state index in [1.54, 1.807) is 7.11 Å². The number of rotatable bonds is 3. The Labute approximate surface area is 164 Å². The van der Waals surface area contributed by atoms with Crippen molar-refractivity contribution in [2.45, 2.75) is 36.9 Å². The zero-order chi connectivity index (χ0) is 16.5. The largest absolute Gasteiger partial charge is 0.385 e. The zero-order valence-corrected chi connectivity index (χ0v) is 17.4. The second kappa shape index (κ2) is 6.98. The van der Waals surface area contributed by atoms with E-state index in [0.717, 1.165) is 18.4 Å². The van der Waals surface area contributed by atoms with Crippen LogP contribution in [0.1, 0.15) is 36.8 Å². The van der Waals surface area contributed by atoms with Gasteiger partial charge in [0.15, 0.2) is 0 Å². The van der Waals surface area contributed by atoms with Gasteiger partial charge in [0.25, 0.3) is 0 Å². The van der Waals surface area contributed by atoms with Crippen molar-refractivity contribution in [3.05, 3.63) is 66.8 Å². The molecule has 1 aliphatic rings. The minimum Gasteiger partial charge on any atom is -0.385 e. The summed E-state index contributed by atoms with van der Waals surface area (Å²) in [7, 11) is 1.78. The lowest BCUT2D eigenvalue weighted by Gasteiger charge is -2.44. The second-order valence-electron chi connectivity index (χ2n) is 6.24. The number of benzene rings is 2. The number of hydrogen-bond acceptors (Lipinski definition) is 2. The van der Waals surface area contributed by atoms with Crippen LogP contribution in [0.25, 0.3) is 0 Å². The maximum absolute atomic E-state index is 11.1. The lowest BCUT2D eigenvalue weighted by atomic mass is 9.70. The Hall–Kier alpha value is -0.180. The molecule has 3 rings (SSSR count). The van der Waals surface area contributed by atoms with E-state index in [1.165, 1.54) is 12.7 Å². The van der Waals surface area contributed by atoms with Gasteiger partial charge < -0.3 is 9.84 Å². The number of methoxy groups -OCH3 is 1. The van der Waals surface area contributed by atoms with E-state index in [0.29, 0.717) is 12.8 Å². The van der Waals surface area contributed by atoms with E-state index in [2.05, 4.69) is 81.6 Å². The summed E-state index contributed by atoms with van der Waals surface area (Å²) in [6, 6.07) is 16.8. The molecule has 0 atom stereocenters. The van der Waals surface area contributed by atoms with E-state index in [9.17, 15) is 5.11 Å². The summed E-state index contributed by atoms with van der Waals surface area (Å²) in [6.45, 7) is 0. The van der Waals surface area contributed by atoms with Crippen LogP contribution in [0, 0.1) is 7.14 Å². The first-order chi connectivity index (χ1) is 11.0. The molecule has 0 aliphatic heterocycles. The van der Waals surface area contributed by atoms with Crippen LogP contribution in [0.5, 0.6) is 0 Å². The third-order valence-electron chi connectivity index (χ3n) is 5.03. The van der Waals surface area contributed by atoms with Crippen LogP contribution < -0.4 is 0 Å². The van der Waals surface area contributed by atoms with Crippen molar-refractivity contribution in [3.63, 3.8) is 0 Å². The Bertz CT molecular complexity index is 657. The van der Waals surface area contributed by atoms with E-state index >= 15 is 0 Å². The highest BCUT2D eigenvalue weighted by Crippen LogP contribution is 2.47. The molecular weight excluding hydrogens is 514 g/mol. The van der Waals surface area contributed by atoms with Crippen molar-refractivity contribution in [2.24, 2.45) is 0 Å². The van der Waals surface area contributed by atoms with Gasteiger partial charge in [0.2, 0.25) is 0 Å². The van der Waals surface area contributed by atoms with Crippen molar-refractivity contribution < 1.29 is 9.84 Å². The molecule has 0 aromatic heterocycles. The Morgan fingerprint density at radius 1 is 0.783 bits per heavy atom. The molecule has 0 amide bonds. The highest BCUT2D eigenvalue weighted by atomic mass is 127. The van der Waals surface area contributed by atoms with E-state index < -0.39 is 5.60 Å². The van der Waals surface area contributed by atoms with Crippen molar-refractivity contribution in [1.29, 1.82) is 0 Å². The molecule has 122 valence electrons. The van der Waals surface area contributed by atoms with Gasteiger partial charge in [-0.05, 0) is 106 Å². The molecule has 0 saturated heterocycles. The molecule has 0 heterocycles. The molecule has 0 unspecified atom stereocenters. The standard InChI is InChI=1S/C19H20I2O2/c1-23-19(15-4-8-17(21)9-5-15)12-10-18(22,11-13-19)14-2-6-16(20)7-3-14/h2-9,22H,10-13H2,1H3. The molecule has 2 nitrogen and oxygen atoms in total. The van der Waals surface area contributed by atoms with E-state index in [-0.39, 0.29) is 5.60 Å². The number of halogens is 2. The van der Waals surface area contributed by atoms with Gasteiger partial charge in [-0.25, -0.2) is 0 Å². The van der Waals surface area contributed by atoms with Crippen molar-refractivity contribution >= 4 is 45.2 Å². The van der Waals surface area contributed by atoms with E-state index in [4.69, 9.17) is 4.74 Å². The summed E-state index contributed by atoms with van der Waals surface area (Å²) in [6.07, 6.45) is 3.08. The predicted octanol–water partition coefficient (Wildman–Crippen LogP) is 5.20. The van der Waals surface area contributed by atoms with Gasteiger partial charge in [-0.1, -0.05) is 24.3 Å². The van der Waals surface area contributed by atoms with Gasteiger partial charge in [0, 0.05) is 14.3 Å². The fourth-order valence-electron chi connectivity index (χ4n) is 3.48. The summed E-state index contributed by atoms with van der Waals surface area (Å²) in [5.74, 6) is 0. The molecule has 1 fully saturated rings. The first kappa shape index (κ1) is 17.6. The topological polar surface area (TPSA) is 29.5 Å². The molecule has 0 bridgehead atoms. The van der Waals surface area contributed by atoms with Crippen molar-refractivity contribution in [3.8, 4) is 0 Å². The fraction of sp³-hybridized carbons (Fsp3) is 0.368. The average Bonchev–Trinajstić information content (AvgIpc) is 2.57. The summed E-state index contributed by atoms with van der Waals surface area (Å²) >= 11 is 4.61. The van der Waals surface area contributed by atoms with Crippen LogP contribution in [0.15, 0.2) is 48.5 Å². The molecule has 2 aromatic carbocycles. The molecule has 2 aromatic rings. The summed E-state index contributed by atoms with van der Waals surface area (Å²) in [5.41, 5.74) is 1.21. The van der Waals surface area contributed by atoms with Gasteiger partial charge in [0.1, 0.15) is 0 Å². The number of hydrogen-bond donors (Lipinski definition) is 1. The van der Waals surface area contributed by atoms with Gasteiger partial charge >= 0.3 is 0 Å². The van der Waals surface area contributed by atoms with Crippen LogP contribution in [0.2, 0.25) is 0 Å². The third-order valence-corrected chi connectivity index (χ3v) is 6.47. The maximum atomic E-state index is 11.1. The molecule has 0 spiro atoms. The summed E-state index contributed by atoms with van der Waals surface area (Å²) in [5, 5.41) is 11.1. The normalized spacial score (nSPS) is 27.8. The Balaban J connectivity index is 1.83. The van der Waals surface area contributed by atoms with Crippen molar-refractivity contribution in [1.82, 2.24) is 0 Å². The molecular formula is C19H20I2O2. The minimum absolute atomic E-state index is 0.278. The lowest BCUT2D eigenvalue weighted by molar-refractivity contribution is -0.108. The van der Waals surface area contributed by atoms with Gasteiger partial charge in [-0.2, -0.15) is 0 Å². The van der Waals surface area contributed by atoms with Crippen LogP contribution in [-0.4, -0.2) is 12.2 Å². The van der Waals surface area contributed by atoms with Gasteiger partial charge in [-0.15, -0.1) is 0 Å². The van der Waals surface area contributed by atoms with Crippen LogP contribution in [-0.2, 0) is 15.9 Å². The molecule has 4 heteroatoms. The second-order valence-corrected chi connectivity index (χ2v) is 8.74. The summed E-state index contributed by atoms with van der Waals surface area (Å²) < 4.78 is 8.35. The predicted molar refractivity (Wildman–Crippen MR) is 109 cm³/mol. The van der Waals surface area contributed by atoms with Crippen LogP contribution in [0.4, 0.5) is 0 Å². The van der Waals surface area contributed by atoms with Crippen LogP contribution >= 0.6 is 45.2 Å². The maximum Gasteiger partial charge on any atom is 0.0929 e. The van der Waals surface area contributed by atoms with Crippen molar-refractivity contribution in [2.75, 3.05) is 7.11 Å². The number of aliphatic hydroxyl groups is 1. The number of ether oxygens (including phenoxy) is 1. The molecule has 0 radical (unpaired) electrons. The quantitative estimate of drug-likeness (QED) is 0.550. The zero-order valence-electron chi connectivity index (χ0n) is 13.1. The molecule has 23 heavy (non-hydrogen) atoms. The van der Waals surface area contributed by atoms with Crippen LogP contribution in [0.3, 0.4) is 0 Å². The molecule has 1 N–H and O–H groups in total. The lowest BCUT2D eigenvalue weighted by Crippen LogP contribution is -2.40.